The second-order valence-electron chi connectivity index (χ2n) is 3.89. The Morgan fingerprint density at radius 3 is 2.94 bits per heavy atom. The van der Waals surface area contributed by atoms with E-state index in [2.05, 4.69) is 4.98 Å². The first-order valence-electron chi connectivity index (χ1n) is 5.55. The van der Waals surface area contributed by atoms with Crippen molar-refractivity contribution in [1.29, 1.82) is 0 Å². The van der Waals surface area contributed by atoms with Crippen LogP contribution < -0.4 is 5.73 Å². The van der Waals surface area contributed by atoms with Crippen molar-refractivity contribution in [2.45, 2.75) is 25.9 Å². The Hall–Kier alpha value is -0.910. The van der Waals surface area contributed by atoms with E-state index in [1.165, 1.54) is 0 Å². The zero-order chi connectivity index (χ0) is 11.8. The number of aromatic nitrogens is 2. The van der Waals surface area contributed by atoms with Crippen molar-refractivity contribution in [3.8, 4) is 0 Å². The molecule has 1 atom stereocenters. The summed E-state index contributed by atoms with van der Waals surface area (Å²) in [7, 11) is 1.67. The van der Waals surface area contributed by atoms with Gasteiger partial charge in [-0.2, -0.15) is 0 Å². The molecule has 1 heterocycles. The largest absolute Gasteiger partial charge is 0.382 e. The maximum Gasteiger partial charge on any atom is 0.0950 e. The van der Waals surface area contributed by atoms with Crippen molar-refractivity contribution >= 4 is 0 Å². The smallest absolute Gasteiger partial charge is 0.0950 e. The Kier molecular flexibility index (Phi) is 6.07. The van der Waals surface area contributed by atoms with Crippen LogP contribution >= 0.6 is 0 Å². The number of hydrogen-bond donors (Lipinski definition) is 1. The summed E-state index contributed by atoms with van der Waals surface area (Å²) in [5, 5.41) is 0. The highest BCUT2D eigenvalue weighted by atomic mass is 16.5. The molecule has 0 aliphatic rings. The summed E-state index contributed by atoms with van der Waals surface area (Å²) in [6, 6.07) is 0.154. The van der Waals surface area contributed by atoms with Gasteiger partial charge in [0, 0.05) is 32.3 Å². The summed E-state index contributed by atoms with van der Waals surface area (Å²) >= 11 is 0. The summed E-state index contributed by atoms with van der Waals surface area (Å²) in [5.41, 5.74) is 6.73. The maximum absolute atomic E-state index is 5.70. The Bertz CT molecular complexity index is 287. The van der Waals surface area contributed by atoms with Crippen LogP contribution in [0.2, 0.25) is 0 Å². The number of imidazole rings is 1. The van der Waals surface area contributed by atoms with Gasteiger partial charge in [0.05, 0.1) is 31.8 Å². The molecule has 1 rings (SSSR count). The molecule has 5 heteroatoms. The summed E-state index contributed by atoms with van der Waals surface area (Å²) < 4.78 is 12.3. The van der Waals surface area contributed by atoms with Gasteiger partial charge < -0.3 is 19.8 Å². The number of hydrogen-bond acceptors (Lipinski definition) is 4. The van der Waals surface area contributed by atoms with Gasteiger partial charge in [0.25, 0.3) is 0 Å². The van der Waals surface area contributed by atoms with Gasteiger partial charge in [0.15, 0.2) is 0 Å². The van der Waals surface area contributed by atoms with Gasteiger partial charge in [-0.05, 0) is 6.92 Å². The van der Waals surface area contributed by atoms with Crippen LogP contribution in [0, 0.1) is 0 Å². The van der Waals surface area contributed by atoms with Crippen LogP contribution in [0.1, 0.15) is 12.6 Å². The van der Waals surface area contributed by atoms with Crippen molar-refractivity contribution in [1.82, 2.24) is 9.55 Å². The molecule has 0 saturated carbocycles. The van der Waals surface area contributed by atoms with Gasteiger partial charge in [-0.3, -0.25) is 0 Å². The Balaban J connectivity index is 2.19. The molecule has 0 amide bonds. The first kappa shape index (κ1) is 13.2. The Labute approximate surface area is 96.6 Å². The van der Waals surface area contributed by atoms with Crippen LogP contribution in [-0.4, -0.2) is 42.5 Å². The monoisotopic (exact) mass is 227 g/mol. The predicted octanol–water partition coefficient (Wildman–Crippen LogP) is 0.436. The topological polar surface area (TPSA) is 62.3 Å². The van der Waals surface area contributed by atoms with Crippen LogP contribution in [0.5, 0.6) is 0 Å². The number of nitrogens with zero attached hydrogens (tertiary/aromatic N) is 2. The molecule has 1 unspecified atom stereocenters. The standard InChI is InChI=1S/C11H21N3O2/c1-10(12)7-11-8-14(9-13-11)3-4-16-6-5-15-2/h8-10H,3-7,12H2,1-2H3. The zero-order valence-corrected chi connectivity index (χ0v) is 10.1. The van der Waals surface area contributed by atoms with Crippen LogP contribution in [-0.2, 0) is 22.4 Å². The minimum atomic E-state index is 0.154. The zero-order valence-electron chi connectivity index (χ0n) is 10.1. The van der Waals surface area contributed by atoms with E-state index >= 15 is 0 Å². The van der Waals surface area contributed by atoms with Crippen molar-refractivity contribution in [2.75, 3.05) is 26.9 Å². The van der Waals surface area contributed by atoms with Crippen LogP contribution in [0.25, 0.3) is 0 Å². The molecule has 0 spiro atoms. The second kappa shape index (κ2) is 7.38. The lowest BCUT2D eigenvalue weighted by Crippen LogP contribution is -2.17. The second-order valence-corrected chi connectivity index (χ2v) is 3.89. The van der Waals surface area contributed by atoms with Crippen LogP contribution in [0.4, 0.5) is 0 Å². The third-order valence-corrected chi connectivity index (χ3v) is 2.14. The molecule has 16 heavy (non-hydrogen) atoms. The molecule has 2 N–H and O–H groups in total. The van der Waals surface area contributed by atoms with E-state index in [0.717, 1.165) is 18.7 Å². The van der Waals surface area contributed by atoms with E-state index in [0.29, 0.717) is 19.8 Å². The first-order valence-corrected chi connectivity index (χ1v) is 5.55. The van der Waals surface area contributed by atoms with Gasteiger partial charge in [-0.25, -0.2) is 4.98 Å². The first-order chi connectivity index (χ1) is 7.72. The highest BCUT2D eigenvalue weighted by Gasteiger charge is 2.01. The third kappa shape index (κ3) is 5.25. The Morgan fingerprint density at radius 1 is 1.44 bits per heavy atom. The van der Waals surface area contributed by atoms with E-state index < -0.39 is 0 Å². The summed E-state index contributed by atoms with van der Waals surface area (Å²) in [6.45, 7) is 4.75. The molecule has 5 nitrogen and oxygen atoms in total. The van der Waals surface area contributed by atoms with Crippen molar-refractivity contribution < 1.29 is 9.47 Å². The summed E-state index contributed by atoms with van der Waals surface area (Å²) in [5.74, 6) is 0. The highest BCUT2D eigenvalue weighted by molar-refractivity contribution is 4.98. The van der Waals surface area contributed by atoms with Crippen molar-refractivity contribution in [3.05, 3.63) is 18.2 Å². The lowest BCUT2D eigenvalue weighted by Gasteiger charge is -2.04. The van der Waals surface area contributed by atoms with Crippen molar-refractivity contribution in [2.24, 2.45) is 5.73 Å². The molecule has 0 aromatic carbocycles. The van der Waals surface area contributed by atoms with Crippen LogP contribution in [0.3, 0.4) is 0 Å². The molecule has 1 aromatic heterocycles. The van der Waals surface area contributed by atoms with Gasteiger partial charge in [-0.1, -0.05) is 0 Å². The lowest BCUT2D eigenvalue weighted by molar-refractivity contribution is 0.0666. The average Bonchev–Trinajstić information content (AvgIpc) is 2.64. The third-order valence-electron chi connectivity index (χ3n) is 2.14. The van der Waals surface area contributed by atoms with E-state index in [1.807, 2.05) is 24.0 Å². The number of methoxy groups -OCH3 is 1. The fourth-order valence-electron chi connectivity index (χ4n) is 1.38. The minimum absolute atomic E-state index is 0.154. The van der Waals surface area contributed by atoms with Gasteiger partial charge in [-0.15, -0.1) is 0 Å². The van der Waals surface area contributed by atoms with Gasteiger partial charge in [0.2, 0.25) is 0 Å². The maximum atomic E-state index is 5.70. The minimum Gasteiger partial charge on any atom is -0.382 e. The summed E-state index contributed by atoms with van der Waals surface area (Å²) in [6.07, 6.45) is 4.65. The van der Waals surface area contributed by atoms with E-state index in [9.17, 15) is 0 Å². The molecule has 0 fully saturated rings. The quantitative estimate of drug-likeness (QED) is 0.654. The molecule has 0 saturated heterocycles. The molecule has 0 bridgehead atoms. The molecule has 0 aliphatic heterocycles. The van der Waals surface area contributed by atoms with E-state index in [-0.39, 0.29) is 6.04 Å². The van der Waals surface area contributed by atoms with E-state index in [4.69, 9.17) is 15.2 Å². The predicted molar refractivity (Wildman–Crippen MR) is 62.3 cm³/mol. The number of nitrogens with two attached hydrogens (primary N) is 1. The van der Waals surface area contributed by atoms with E-state index in [1.54, 1.807) is 7.11 Å². The lowest BCUT2D eigenvalue weighted by atomic mass is 10.2. The fourth-order valence-corrected chi connectivity index (χ4v) is 1.38. The molecule has 92 valence electrons. The van der Waals surface area contributed by atoms with Crippen molar-refractivity contribution in [3.63, 3.8) is 0 Å². The normalized spacial score (nSPS) is 12.9. The molecule has 0 aliphatic carbocycles. The molecule has 0 radical (unpaired) electrons. The Morgan fingerprint density at radius 2 is 2.25 bits per heavy atom. The molecule has 1 aromatic rings. The SMILES string of the molecule is COCCOCCn1cnc(CC(C)N)c1. The fraction of sp³-hybridized carbons (Fsp3) is 0.727. The molecular weight excluding hydrogens is 206 g/mol. The average molecular weight is 227 g/mol. The number of ether oxygens (including phenoxy) is 2. The van der Waals surface area contributed by atoms with Gasteiger partial charge in [0.1, 0.15) is 0 Å². The highest BCUT2D eigenvalue weighted by Crippen LogP contribution is 1.99. The molecular formula is C11H21N3O2. The summed E-state index contributed by atoms with van der Waals surface area (Å²) in [4.78, 5) is 4.27. The van der Waals surface area contributed by atoms with Gasteiger partial charge >= 0.3 is 0 Å². The van der Waals surface area contributed by atoms with Crippen LogP contribution in [0.15, 0.2) is 12.5 Å². The number of rotatable bonds is 8.